The van der Waals surface area contributed by atoms with Gasteiger partial charge in [-0.05, 0) is 39.0 Å². The van der Waals surface area contributed by atoms with E-state index in [4.69, 9.17) is 0 Å². The number of nitrogens with one attached hydrogen (secondary N) is 1. The third kappa shape index (κ3) is 3.40. The number of pyridine rings is 1. The van der Waals surface area contributed by atoms with Crippen molar-refractivity contribution in [3.63, 3.8) is 0 Å². The Balaban J connectivity index is 1.84. The van der Waals surface area contributed by atoms with Gasteiger partial charge in [0.2, 0.25) is 0 Å². The first-order valence-corrected chi connectivity index (χ1v) is 6.32. The smallest absolute Gasteiger partial charge is 0.0762 e. The van der Waals surface area contributed by atoms with Crippen LogP contribution in [-0.4, -0.2) is 14.8 Å². The molecular weight excluding hydrogens is 224 g/mol. The first-order valence-electron chi connectivity index (χ1n) is 6.32. The van der Waals surface area contributed by atoms with Gasteiger partial charge in [-0.1, -0.05) is 6.07 Å². The molecule has 2 aromatic rings. The lowest BCUT2D eigenvalue weighted by atomic mass is 10.3. The summed E-state index contributed by atoms with van der Waals surface area (Å²) in [7, 11) is 0. The van der Waals surface area contributed by atoms with Crippen molar-refractivity contribution in [2.24, 2.45) is 0 Å². The maximum Gasteiger partial charge on any atom is 0.0762 e. The maximum absolute atomic E-state index is 4.49. The highest BCUT2D eigenvalue weighted by atomic mass is 15.3. The molecule has 0 bridgehead atoms. The minimum Gasteiger partial charge on any atom is -0.305 e. The molecular formula is C14H20N4. The van der Waals surface area contributed by atoms with E-state index in [9.17, 15) is 0 Å². The fraction of sp³-hybridized carbons (Fsp3) is 0.429. The van der Waals surface area contributed by atoms with Crippen molar-refractivity contribution in [2.45, 2.75) is 39.9 Å². The summed E-state index contributed by atoms with van der Waals surface area (Å²) in [5.74, 6) is 0. The zero-order chi connectivity index (χ0) is 13.0. The van der Waals surface area contributed by atoms with E-state index in [-0.39, 0.29) is 0 Å². The molecule has 0 fully saturated rings. The second kappa shape index (κ2) is 5.78. The Hall–Kier alpha value is -1.68. The number of rotatable bonds is 5. The van der Waals surface area contributed by atoms with E-state index in [1.807, 2.05) is 36.0 Å². The molecule has 2 rings (SSSR count). The van der Waals surface area contributed by atoms with Gasteiger partial charge in [0.05, 0.1) is 11.4 Å². The number of aryl methyl sites for hydroxylation is 1. The zero-order valence-electron chi connectivity index (χ0n) is 11.2. The summed E-state index contributed by atoms with van der Waals surface area (Å²) in [6.45, 7) is 7.81. The molecule has 0 saturated carbocycles. The lowest BCUT2D eigenvalue weighted by Crippen LogP contribution is -2.14. The SMILES string of the molecule is Cc1cccc(CNCc2ccn(C(C)C)n2)n1. The van der Waals surface area contributed by atoms with Gasteiger partial charge in [-0.3, -0.25) is 9.67 Å². The molecule has 0 aromatic carbocycles. The Morgan fingerprint density at radius 2 is 1.94 bits per heavy atom. The first-order chi connectivity index (χ1) is 8.65. The zero-order valence-corrected chi connectivity index (χ0v) is 11.2. The van der Waals surface area contributed by atoms with Crippen LogP contribution in [0.5, 0.6) is 0 Å². The number of hydrogen-bond acceptors (Lipinski definition) is 3. The van der Waals surface area contributed by atoms with Crippen LogP contribution in [0.3, 0.4) is 0 Å². The first kappa shape index (κ1) is 12.8. The van der Waals surface area contributed by atoms with Gasteiger partial charge in [-0.15, -0.1) is 0 Å². The van der Waals surface area contributed by atoms with Crippen LogP contribution in [0.25, 0.3) is 0 Å². The molecule has 0 amide bonds. The summed E-state index contributed by atoms with van der Waals surface area (Å²) in [6.07, 6.45) is 2.02. The minimum absolute atomic E-state index is 0.414. The van der Waals surface area contributed by atoms with Crippen LogP contribution in [0, 0.1) is 6.92 Å². The highest BCUT2D eigenvalue weighted by molar-refractivity contribution is 5.10. The number of nitrogens with zero attached hydrogens (tertiary/aromatic N) is 3. The molecule has 0 aliphatic rings. The third-order valence-corrected chi connectivity index (χ3v) is 2.75. The van der Waals surface area contributed by atoms with Gasteiger partial charge in [-0.2, -0.15) is 5.10 Å². The predicted octanol–water partition coefficient (Wildman–Crippen LogP) is 2.46. The van der Waals surface area contributed by atoms with Crippen LogP contribution < -0.4 is 5.32 Å². The highest BCUT2D eigenvalue weighted by Crippen LogP contribution is 2.04. The van der Waals surface area contributed by atoms with Crippen molar-refractivity contribution in [3.8, 4) is 0 Å². The molecule has 4 nitrogen and oxygen atoms in total. The summed E-state index contributed by atoms with van der Waals surface area (Å²) in [6, 6.07) is 8.54. The molecule has 0 unspecified atom stereocenters. The summed E-state index contributed by atoms with van der Waals surface area (Å²) >= 11 is 0. The quantitative estimate of drug-likeness (QED) is 0.878. The van der Waals surface area contributed by atoms with Crippen molar-refractivity contribution >= 4 is 0 Å². The molecule has 0 atom stereocenters. The monoisotopic (exact) mass is 244 g/mol. The van der Waals surface area contributed by atoms with Crippen LogP contribution in [0.15, 0.2) is 30.5 Å². The van der Waals surface area contributed by atoms with Crippen molar-refractivity contribution in [3.05, 3.63) is 47.5 Å². The second-order valence-electron chi connectivity index (χ2n) is 4.75. The highest BCUT2D eigenvalue weighted by Gasteiger charge is 2.01. The van der Waals surface area contributed by atoms with Gasteiger partial charge < -0.3 is 5.32 Å². The number of hydrogen-bond donors (Lipinski definition) is 1. The number of aromatic nitrogens is 3. The van der Waals surface area contributed by atoms with E-state index in [0.29, 0.717) is 6.04 Å². The predicted molar refractivity (Wildman–Crippen MR) is 72.1 cm³/mol. The lowest BCUT2D eigenvalue weighted by molar-refractivity contribution is 0.521. The van der Waals surface area contributed by atoms with Gasteiger partial charge >= 0.3 is 0 Å². The molecule has 1 N–H and O–H groups in total. The Labute approximate surface area is 108 Å². The topological polar surface area (TPSA) is 42.7 Å². The Morgan fingerprint density at radius 1 is 1.17 bits per heavy atom. The fourth-order valence-corrected chi connectivity index (χ4v) is 1.78. The van der Waals surface area contributed by atoms with E-state index in [1.165, 1.54) is 0 Å². The van der Waals surface area contributed by atoms with Crippen LogP contribution in [0.1, 0.15) is 37.0 Å². The summed E-state index contributed by atoms with van der Waals surface area (Å²) < 4.78 is 1.97. The van der Waals surface area contributed by atoms with E-state index in [2.05, 4.69) is 35.3 Å². The average molecular weight is 244 g/mol. The molecule has 2 heterocycles. The van der Waals surface area contributed by atoms with Gasteiger partial charge in [0.15, 0.2) is 0 Å². The molecule has 96 valence electrons. The molecule has 0 radical (unpaired) electrons. The molecule has 2 aromatic heterocycles. The van der Waals surface area contributed by atoms with Crippen LogP contribution in [0.2, 0.25) is 0 Å². The average Bonchev–Trinajstić information content (AvgIpc) is 2.78. The minimum atomic E-state index is 0.414. The van der Waals surface area contributed by atoms with Crippen molar-refractivity contribution in [1.82, 2.24) is 20.1 Å². The Morgan fingerprint density at radius 3 is 2.61 bits per heavy atom. The second-order valence-corrected chi connectivity index (χ2v) is 4.75. The largest absolute Gasteiger partial charge is 0.305 e. The van der Waals surface area contributed by atoms with Gasteiger partial charge in [0.25, 0.3) is 0 Å². The van der Waals surface area contributed by atoms with Gasteiger partial charge in [-0.25, -0.2) is 0 Å². The standard InChI is InChI=1S/C14H20N4/c1-11(2)18-8-7-14(17-18)10-15-9-13-6-4-5-12(3)16-13/h4-8,11,15H,9-10H2,1-3H3. The Kier molecular flexibility index (Phi) is 4.10. The van der Waals surface area contributed by atoms with Crippen LogP contribution in [-0.2, 0) is 13.1 Å². The molecule has 0 aliphatic heterocycles. The van der Waals surface area contributed by atoms with Crippen molar-refractivity contribution in [1.29, 1.82) is 0 Å². The van der Waals surface area contributed by atoms with E-state index in [1.54, 1.807) is 0 Å². The summed E-state index contributed by atoms with van der Waals surface area (Å²) in [4.78, 5) is 4.45. The normalized spacial score (nSPS) is 11.1. The molecule has 0 aliphatic carbocycles. The molecule has 0 saturated heterocycles. The Bertz CT molecular complexity index is 502. The van der Waals surface area contributed by atoms with Gasteiger partial charge in [0, 0.05) is 31.0 Å². The molecule has 18 heavy (non-hydrogen) atoms. The fourth-order valence-electron chi connectivity index (χ4n) is 1.78. The summed E-state index contributed by atoms with van der Waals surface area (Å²) in [5, 5.41) is 7.85. The van der Waals surface area contributed by atoms with E-state index in [0.717, 1.165) is 30.2 Å². The molecule has 4 heteroatoms. The van der Waals surface area contributed by atoms with Crippen LogP contribution in [0.4, 0.5) is 0 Å². The van der Waals surface area contributed by atoms with Crippen molar-refractivity contribution in [2.75, 3.05) is 0 Å². The maximum atomic E-state index is 4.49. The summed E-state index contributed by atoms with van der Waals surface area (Å²) in [5.41, 5.74) is 3.19. The van der Waals surface area contributed by atoms with E-state index >= 15 is 0 Å². The van der Waals surface area contributed by atoms with Crippen molar-refractivity contribution < 1.29 is 0 Å². The lowest BCUT2D eigenvalue weighted by Gasteiger charge is -2.05. The van der Waals surface area contributed by atoms with E-state index < -0.39 is 0 Å². The van der Waals surface area contributed by atoms with Gasteiger partial charge in [0.1, 0.15) is 0 Å². The third-order valence-electron chi connectivity index (χ3n) is 2.75. The molecule has 0 spiro atoms. The van der Waals surface area contributed by atoms with Crippen LogP contribution >= 0.6 is 0 Å².